The molecule has 384 valence electrons. The highest BCUT2D eigenvalue weighted by Gasteiger charge is 2.38. The molecule has 0 aliphatic heterocycles. The maximum absolute atomic E-state index is 14.9. The van der Waals surface area contributed by atoms with Crippen LogP contribution in [0.25, 0.3) is 65.4 Å². The lowest BCUT2D eigenvalue weighted by Crippen LogP contribution is -2.22. The standard InChI is InChI=1S/C21H16Cl2N2O2.C19H12Cl2N2O2.C19H12F2N2O2/c1-21(2,17-9-3-11-13(22)5-7-15(26)19(11)24-17)18-10-4-12-14(23)6-8-16(27)20(12)25-18;20-14-5-7-16(24)18-12(14)3-1-10(22-18)9-11-2-4-13-15(21)6-8-17(25)19(13)23-11;20-19(21,15-9-7-11-3-1-5-13(24)17(11)22-15)16-10-8-12-4-2-6-14(25)18(12)23-16/h3-10,26-27H,1-2H3;1-8,24-25H,9H2;1-10,24-25H. The molecule has 0 fully saturated rings. The Morgan fingerprint density at radius 1 is 0.338 bits per heavy atom. The van der Waals surface area contributed by atoms with Gasteiger partial charge in [-0.1, -0.05) is 82.8 Å². The molecule has 18 heteroatoms. The highest BCUT2D eigenvalue weighted by Crippen LogP contribution is 2.40. The molecule has 0 atom stereocenters. The number of halogens is 6. The van der Waals surface area contributed by atoms with Crippen LogP contribution in [0.3, 0.4) is 0 Å². The van der Waals surface area contributed by atoms with E-state index in [-0.39, 0.29) is 45.5 Å². The summed E-state index contributed by atoms with van der Waals surface area (Å²) in [6.07, 6.45) is 0.448. The quantitative estimate of drug-likeness (QED) is 0.0922. The van der Waals surface area contributed by atoms with Crippen LogP contribution < -0.4 is 0 Å². The third kappa shape index (κ3) is 10.1. The first kappa shape index (κ1) is 52.1. The average Bonchev–Trinajstić information content (AvgIpc) is 3.46. The van der Waals surface area contributed by atoms with Crippen LogP contribution in [0.5, 0.6) is 34.5 Å². The molecule has 0 radical (unpaired) electrons. The highest BCUT2D eigenvalue weighted by molar-refractivity contribution is 6.37. The second-order valence-electron chi connectivity index (χ2n) is 18.3. The second-order valence-corrected chi connectivity index (χ2v) is 19.9. The van der Waals surface area contributed by atoms with Crippen LogP contribution in [0.4, 0.5) is 8.78 Å². The Morgan fingerprint density at radius 2 is 0.636 bits per heavy atom. The number of aromatic hydroxyl groups is 6. The minimum atomic E-state index is -3.48. The number of alkyl halides is 2. The molecule has 0 aliphatic rings. The summed E-state index contributed by atoms with van der Waals surface area (Å²) in [5.74, 6) is -3.51. The topological polar surface area (TPSA) is 199 Å². The van der Waals surface area contributed by atoms with Gasteiger partial charge in [0.15, 0.2) is 0 Å². The van der Waals surface area contributed by atoms with E-state index in [1.807, 2.05) is 62.4 Å². The van der Waals surface area contributed by atoms with E-state index in [4.69, 9.17) is 46.4 Å². The van der Waals surface area contributed by atoms with Crippen LogP contribution in [0.15, 0.2) is 158 Å². The van der Waals surface area contributed by atoms with E-state index >= 15 is 0 Å². The normalized spacial score (nSPS) is 11.7. The maximum Gasteiger partial charge on any atom is 0.331 e. The van der Waals surface area contributed by atoms with Gasteiger partial charge in [0, 0.05) is 55.5 Å². The largest absolute Gasteiger partial charge is 0.506 e. The summed E-state index contributed by atoms with van der Waals surface area (Å²) in [7, 11) is 0. The van der Waals surface area contributed by atoms with E-state index in [9.17, 15) is 39.4 Å². The minimum Gasteiger partial charge on any atom is -0.506 e. The van der Waals surface area contributed by atoms with Crippen molar-refractivity contribution in [3.05, 3.63) is 212 Å². The van der Waals surface area contributed by atoms with Crippen molar-refractivity contribution in [2.45, 2.75) is 31.6 Å². The van der Waals surface area contributed by atoms with Crippen molar-refractivity contribution in [1.82, 2.24) is 29.9 Å². The predicted molar refractivity (Wildman–Crippen MR) is 298 cm³/mol. The first-order valence-electron chi connectivity index (χ1n) is 23.5. The third-order valence-corrected chi connectivity index (χ3v) is 14.2. The van der Waals surface area contributed by atoms with E-state index in [0.29, 0.717) is 80.9 Å². The molecular weight excluding hydrogens is 1070 g/mol. The van der Waals surface area contributed by atoms with Crippen molar-refractivity contribution >= 4 is 112 Å². The lowest BCUT2D eigenvalue weighted by molar-refractivity contribution is 0.0339. The summed E-state index contributed by atoms with van der Waals surface area (Å²) in [4.78, 5) is 26.1. The Morgan fingerprint density at radius 3 is 1.00 bits per heavy atom. The first-order chi connectivity index (χ1) is 36.8. The van der Waals surface area contributed by atoms with Gasteiger partial charge in [-0.2, -0.15) is 8.78 Å². The molecule has 6 aromatic carbocycles. The monoisotopic (exact) mass is 1110 g/mol. The number of rotatable bonds is 6. The molecule has 0 spiro atoms. The van der Waals surface area contributed by atoms with Crippen molar-refractivity contribution in [3.63, 3.8) is 0 Å². The zero-order valence-electron chi connectivity index (χ0n) is 40.4. The van der Waals surface area contributed by atoms with Crippen LogP contribution in [0.2, 0.25) is 20.1 Å². The van der Waals surface area contributed by atoms with E-state index in [1.54, 1.807) is 48.5 Å². The molecule has 12 rings (SSSR count). The van der Waals surface area contributed by atoms with E-state index < -0.39 is 22.7 Å². The van der Waals surface area contributed by atoms with Gasteiger partial charge in [0.05, 0.1) is 31.5 Å². The fourth-order valence-corrected chi connectivity index (χ4v) is 9.57. The zero-order chi connectivity index (χ0) is 54.5. The summed E-state index contributed by atoms with van der Waals surface area (Å²) >= 11 is 24.7. The van der Waals surface area contributed by atoms with Crippen LogP contribution >= 0.6 is 46.4 Å². The van der Waals surface area contributed by atoms with Crippen molar-refractivity contribution < 1.29 is 39.4 Å². The Kier molecular flexibility index (Phi) is 13.9. The molecule has 6 heterocycles. The fourth-order valence-electron chi connectivity index (χ4n) is 8.71. The maximum atomic E-state index is 14.9. The number of aromatic nitrogens is 6. The average molecular weight is 1110 g/mol. The number of nitrogens with zero attached hydrogens (tertiary/aromatic N) is 6. The van der Waals surface area contributed by atoms with E-state index in [2.05, 4.69) is 29.9 Å². The molecule has 77 heavy (non-hydrogen) atoms. The molecule has 0 saturated carbocycles. The van der Waals surface area contributed by atoms with Gasteiger partial charge in [0.1, 0.15) is 79.0 Å². The fraction of sp³-hybridized carbons (Fsp3) is 0.0847. The van der Waals surface area contributed by atoms with Gasteiger partial charge in [-0.25, -0.2) is 29.9 Å². The first-order valence-corrected chi connectivity index (χ1v) is 25.0. The summed E-state index contributed by atoms with van der Waals surface area (Å²) < 4.78 is 29.8. The Balaban J connectivity index is 0.000000131. The van der Waals surface area contributed by atoms with Gasteiger partial charge in [0.25, 0.3) is 0 Å². The van der Waals surface area contributed by atoms with Crippen molar-refractivity contribution in [1.29, 1.82) is 0 Å². The van der Waals surface area contributed by atoms with Crippen molar-refractivity contribution in [2.24, 2.45) is 0 Å². The zero-order valence-corrected chi connectivity index (χ0v) is 43.4. The Hall–Kier alpha value is -8.40. The summed E-state index contributed by atoms with van der Waals surface area (Å²) in [6, 6.07) is 42.2. The number of hydrogen-bond acceptors (Lipinski definition) is 12. The van der Waals surface area contributed by atoms with Gasteiger partial charge in [0.2, 0.25) is 0 Å². The molecule has 6 aromatic heterocycles. The van der Waals surface area contributed by atoms with Crippen LogP contribution in [0.1, 0.15) is 48.0 Å². The van der Waals surface area contributed by atoms with Gasteiger partial charge < -0.3 is 30.6 Å². The number of phenols is 6. The lowest BCUT2D eigenvalue weighted by atomic mass is 9.84. The molecule has 0 unspecified atom stereocenters. The van der Waals surface area contributed by atoms with E-state index in [0.717, 1.165) is 22.8 Å². The molecular formula is C59H40Cl4F2N6O6. The minimum absolute atomic E-state index is 0.0722. The van der Waals surface area contributed by atoms with Gasteiger partial charge in [-0.15, -0.1) is 0 Å². The predicted octanol–water partition coefficient (Wildman–Crippen LogP) is 15.3. The van der Waals surface area contributed by atoms with E-state index in [1.165, 1.54) is 60.7 Å². The summed E-state index contributed by atoms with van der Waals surface area (Å²) in [5.41, 5.74) is 3.29. The van der Waals surface area contributed by atoms with Crippen LogP contribution in [0, 0.1) is 0 Å². The van der Waals surface area contributed by atoms with Gasteiger partial charge in [-0.05, 0) is 135 Å². The lowest BCUT2D eigenvalue weighted by Gasteiger charge is -2.24. The summed E-state index contributed by atoms with van der Waals surface area (Å²) in [6.45, 7) is 3.97. The highest BCUT2D eigenvalue weighted by atomic mass is 35.5. The van der Waals surface area contributed by atoms with Crippen LogP contribution in [-0.4, -0.2) is 60.5 Å². The number of para-hydroxylation sites is 2. The third-order valence-electron chi connectivity index (χ3n) is 12.9. The molecule has 12 aromatic rings. The number of phenolic OH excluding ortho intramolecular Hbond substituents is 6. The molecule has 0 amide bonds. The molecule has 0 saturated heterocycles. The Labute approximate surface area is 456 Å². The van der Waals surface area contributed by atoms with Gasteiger partial charge in [-0.3, -0.25) is 0 Å². The van der Waals surface area contributed by atoms with Crippen molar-refractivity contribution in [3.8, 4) is 34.5 Å². The molecule has 6 N–H and O–H groups in total. The Bertz CT molecular complexity index is 4050. The van der Waals surface area contributed by atoms with Gasteiger partial charge >= 0.3 is 5.92 Å². The molecule has 0 aliphatic carbocycles. The molecule has 12 nitrogen and oxygen atoms in total. The van der Waals surface area contributed by atoms with Crippen molar-refractivity contribution in [2.75, 3.05) is 0 Å². The SMILES string of the molecule is CC(C)(c1ccc2c(Cl)ccc(O)c2n1)c1ccc2c(Cl)ccc(O)c2n1.Oc1ccc(Cl)c2ccc(Cc3ccc4c(Cl)ccc(O)c4n3)nc12.Oc1cccc2ccc(C(F)(F)c3ccc4cccc(O)c4n3)nc12. The van der Waals surface area contributed by atoms with Crippen LogP contribution in [-0.2, 0) is 17.8 Å². The number of benzene rings is 6. The summed E-state index contributed by atoms with van der Waals surface area (Å²) in [5, 5.41) is 66.1. The number of pyridine rings is 6. The number of fused-ring (bicyclic) bond motifs is 6. The second kappa shape index (κ2) is 20.6. The molecule has 0 bridgehead atoms. The number of hydrogen-bond donors (Lipinski definition) is 6. The smallest absolute Gasteiger partial charge is 0.331 e.